The molecule has 3 aromatic rings. The lowest BCUT2D eigenvalue weighted by molar-refractivity contribution is -0.114. The van der Waals surface area contributed by atoms with E-state index in [1.807, 2.05) is 36.4 Å². The van der Waals surface area contributed by atoms with E-state index in [1.165, 1.54) is 6.33 Å². The first-order chi connectivity index (χ1) is 14.2. The molecule has 29 heavy (non-hydrogen) atoms. The highest BCUT2D eigenvalue weighted by molar-refractivity contribution is 9.09. The summed E-state index contributed by atoms with van der Waals surface area (Å²) in [5.74, 6) is 3.78. The molecule has 0 spiro atoms. The van der Waals surface area contributed by atoms with Gasteiger partial charge < -0.3 is 15.0 Å². The zero-order valence-corrected chi connectivity index (χ0v) is 17.0. The van der Waals surface area contributed by atoms with Gasteiger partial charge in [0, 0.05) is 34.1 Å². The van der Waals surface area contributed by atoms with Crippen LogP contribution < -0.4 is 15.0 Å². The minimum absolute atomic E-state index is 0.0959. The molecular weight excluding hydrogens is 432 g/mol. The molecule has 0 atom stereocenters. The van der Waals surface area contributed by atoms with Crippen molar-refractivity contribution in [3.05, 3.63) is 60.4 Å². The Morgan fingerprint density at radius 1 is 1.34 bits per heavy atom. The molecule has 1 aliphatic rings. The van der Waals surface area contributed by atoms with Crippen molar-refractivity contribution in [3.63, 3.8) is 0 Å². The van der Waals surface area contributed by atoms with E-state index >= 15 is 0 Å². The number of fused-ring (bicyclic) bond motifs is 2. The summed E-state index contributed by atoms with van der Waals surface area (Å²) in [4.78, 5) is 23.0. The number of alkyl halides is 1. The predicted molar refractivity (Wildman–Crippen MR) is 118 cm³/mol. The second kappa shape index (κ2) is 8.33. The fourth-order valence-corrected chi connectivity index (χ4v) is 3.34. The average Bonchev–Trinajstić information content (AvgIpc) is 2.76. The van der Waals surface area contributed by atoms with E-state index in [9.17, 15) is 4.79 Å². The maximum atomic E-state index is 12.6. The third kappa shape index (κ3) is 3.93. The highest BCUT2D eigenvalue weighted by Gasteiger charge is 2.24. The highest BCUT2D eigenvalue weighted by atomic mass is 79.9. The molecule has 0 unspecified atom stereocenters. The van der Waals surface area contributed by atoms with E-state index in [-0.39, 0.29) is 5.91 Å². The molecule has 1 aromatic heterocycles. The summed E-state index contributed by atoms with van der Waals surface area (Å²) in [6.45, 7) is 0.909. The first kappa shape index (κ1) is 19.0. The average molecular weight is 449 g/mol. The minimum atomic E-state index is -0.0959. The van der Waals surface area contributed by atoms with Crippen molar-refractivity contribution < 1.29 is 9.53 Å². The number of amides is 1. The van der Waals surface area contributed by atoms with Crippen LogP contribution in [0.3, 0.4) is 0 Å². The number of hydrogen-bond donors (Lipinski definition) is 1. The van der Waals surface area contributed by atoms with Gasteiger partial charge in [0.25, 0.3) is 5.91 Å². The number of nitrogens with one attached hydrogen (secondary N) is 1. The fourth-order valence-electron chi connectivity index (χ4n) is 3.15. The molecule has 1 N–H and O–H groups in total. The first-order valence-electron chi connectivity index (χ1n) is 8.99. The number of carbonyl (C=O) groups is 1. The summed E-state index contributed by atoms with van der Waals surface area (Å²) >= 11 is 3.30. The molecule has 0 aliphatic carbocycles. The van der Waals surface area contributed by atoms with Gasteiger partial charge in [-0.2, -0.15) is 0 Å². The predicted octanol–water partition coefficient (Wildman–Crippen LogP) is 4.03. The molecule has 4 rings (SSSR count). The van der Waals surface area contributed by atoms with Crippen molar-refractivity contribution >= 4 is 49.9 Å². The highest BCUT2D eigenvalue weighted by Crippen LogP contribution is 2.37. The van der Waals surface area contributed by atoms with E-state index < -0.39 is 0 Å². The van der Waals surface area contributed by atoms with Crippen molar-refractivity contribution in [1.29, 1.82) is 0 Å². The van der Waals surface area contributed by atoms with Crippen LogP contribution in [0.15, 0.2) is 54.9 Å². The van der Waals surface area contributed by atoms with Crippen molar-refractivity contribution in [2.45, 2.75) is 0 Å². The molecule has 0 bridgehead atoms. The molecule has 6 nitrogen and oxygen atoms in total. The van der Waals surface area contributed by atoms with Gasteiger partial charge in [-0.15, -0.1) is 6.42 Å². The summed E-state index contributed by atoms with van der Waals surface area (Å²) in [5, 5.41) is 4.70. The summed E-state index contributed by atoms with van der Waals surface area (Å²) in [7, 11) is 0. The second-order valence-corrected chi connectivity index (χ2v) is 6.95. The van der Waals surface area contributed by atoms with Gasteiger partial charge in [0.1, 0.15) is 24.5 Å². The molecule has 2 aromatic carbocycles. The van der Waals surface area contributed by atoms with Crippen LogP contribution in [0, 0.1) is 12.3 Å². The molecule has 2 heterocycles. The van der Waals surface area contributed by atoms with Gasteiger partial charge >= 0.3 is 0 Å². The Hall–Kier alpha value is -3.37. The molecule has 0 radical (unpaired) electrons. The van der Waals surface area contributed by atoms with Crippen LogP contribution in [0.25, 0.3) is 10.9 Å². The lowest BCUT2D eigenvalue weighted by atomic mass is 10.1. The van der Waals surface area contributed by atoms with Crippen molar-refractivity contribution in [1.82, 2.24) is 9.97 Å². The summed E-state index contributed by atoms with van der Waals surface area (Å²) in [6, 6.07) is 11.3. The molecular formula is C22H17BrN4O2. The van der Waals surface area contributed by atoms with E-state index in [0.29, 0.717) is 35.7 Å². The van der Waals surface area contributed by atoms with Gasteiger partial charge in [-0.3, -0.25) is 4.79 Å². The summed E-state index contributed by atoms with van der Waals surface area (Å²) in [6.07, 6.45) is 10.3. The summed E-state index contributed by atoms with van der Waals surface area (Å²) < 4.78 is 5.77. The van der Waals surface area contributed by atoms with Crippen LogP contribution in [-0.4, -0.2) is 34.4 Å². The van der Waals surface area contributed by atoms with Gasteiger partial charge in [0.05, 0.1) is 17.7 Å². The van der Waals surface area contributed by atoms with Crippen LogP contribution in [0.2, 0.25) is 0 Å². The number of anilines is 3. The topological polar surface area (TPSA) is 67.4 Å². The summed E-state index contributed by atoms with van der Waals surface area (Å²) in [5.41, 5.74) is 3.01. The van der Waals surface area contributed by atoms with E-state index in [0.717, 1.165) is 22.2 Å². The van der Waals surface area contributed by atoms with E-state index in [4.69, 9.17) is 11.2 Å². The van der Waals surface area contributed by atoms with Crippen molar-refractivity contribution in [3.8, 4) is 18.1 Å². The van der Waals surface area contributed by atoms with Crippen LogP contribution in [0.1, 0.15) is 5.56 Å². The van der Waals surface area contributed by atoms with Gasteiger partial charge in [-0.25, -0.2) is 9.97 Å². The van der Waals surface area contributed by atoms with Gasteiger partial charge in [0.2, 0.25) is 0 Å². The van der Waals surface area contributed by atoms with Crippen LogP contribution in [0.4, 0.5) is 17.2 Å². The number of halogens is 1. The number of rotatable bonds is 4. The largest absolute Gasteiger partial charge is 0.489 e. The van der Waals surface area contributed by atoms with Gasteiger partial charge in [0.15, 0.2) is 0 Å². The van der Waals surface area contributed by atoms with Crippen molar-refractivity contribution in [2.24, 2.45) is 0 Å². The lowest BCUT2D eigenvalue weighted by Crippen LogP contribution is -2.36. The minimum Gasteiger partial charge on any atom is -0.489 e. The van der Waals surface area contributed by atoms with Crippen LogP contribution >= 0.6 is 15.9 Å². The van der Waals surface area contributed by atoms with Crippen LogP contribution in [0.5, 0.6) is 5.75 Å². The van der Waals surface area contributed by atoms with Gasteiger partial charge in [-0.1, -0.05) is 34.0 Å². The number of hydrogen-bond acceptors (Lipinski definition) is 5. The zero-order valence-electron chi connectivity index (χ0n) is 15.4. The number of terminal acetylenes is 1. The van der Waals surface area contributed by atoms with E-state index in [1.54, 1.807) is 17.1 Å². The number of aromatic nitrogens is 2. The van der Waals surface area contributed by atoms with Gasteiger partial charge in [-0.05, 0) is 24.3 Å². The SMILES string of the molecule is C#Cc1cccc(Nc2ncnc3cc4c(cc23)N(C(=O)/C=C/CBr)CCO4)c1. The van der Waals surface area contributed by atoms with Crippen LogP contribution in [-0.2, 0) is 4.79 Å². The smallest absolute Gasteiger partial charge is 0.250 e. The Morgan fingerprint density at radius 3 is 3.07 bits per heavy atom. The molecule has 1 aliphatic heterocycles. The Balaban J connectivity index is 1.77. The Labute approximate surface area is 176 Å². The number of ether oxygens (including phenoxy) is 1. The third-order valence-electron chi connectivity index (χ3n) is 4.49. The molecule has 7 heteroatoms. The van der Waals surface area contributed by atoms with E-state index in [2.05, 4.69) is 37.1 Å². The maximum Gasteiger partial charge on any atom is 0.250 e. The molecule has 144 valence electrons. The normalized spacial score (nSPS) is 13.0. The zero-order chi connectivity index (χ0) is 20.2. The lowest BCUT2D eigenvalue weighted by Gasteiger charge is -2.29. The number of nitrogens with zero attached hydrogens (tertiary/aromatic N) is 3. The standard InChI is InChI=1S/C22H17BrN4O2/c1-2-15-5-3-6-16(11-15)26-22-17-12-19-20(13-18(17)24-14-25-22)29-10-9-27(19)21(28)7-4-8-23/h1,3-7,11-14H,8-10H2,(H,24,25,26)/b7-4+. The first-order valence-corrected chi connectivity index (χ1v) is 10.1. The van der Waals surface area contributed by atoms with Crippen molar-refractivity contribution in [2.75, 3.05) is 28.7 Å². The molecule has 0 saturated heterocycles. The Morgan fingerprint density at radius 2 is 2.24 bits per heavy atom. The molecule has 0 saturated carbocycles. The number of benzene rings is 2. The fraction of sp³-hybridized carbons (Fsp3) is 0.136. The number of allylic oxidation sites excluding steroid dienone is 1. The maximum absolute atomic E-state index is 12.6. The Bertz CT molecular complexity index is 1150. The second-order valence-electron chi connectivity index (χ2n) is 6.30. The quantitative estimate of drug-likeness (QED) is 0.370. The monoisotopic (exact) mass is 448 g/mol. The Kier molecular flexibility index (Phi) is 5.45. The number of carbonyl (C=O) groups excluding carboxylic acids is 1. The third-order valence-corrected chi connectivity index (χ3v) is 4.86. The molecule has 0 fully saturated rings. The molecule has 1 amide bonds.